The van der Waals surface area contributed by atoms with Crippen molar-refractivity contribution in [2.75, 3.05) is 0 Å². The normalized spacial score (nSPS) is 4.00. The van der Waals surface area contributed by atoms with Crippen molar-refractivity contribution in [2.24, 2.45) is 11.5 Å². The van der Waals surface area contributed by atoms with E-state index in [0.717, 1.165) is 0 Å². The van der Waals surface area contributed by atoms with Crippen LogP contribution in [0.4, 0.5) is 0 Å². The Morgan fingerprint density at radius 2 is 1.33 bits per heavy atom. The average Bonchev–Trinajstić information content (AvgIpc) is 0.811. The Hall–Kier alpha value is 0.560. The molecule has 0 unspecified atom stereocenters. The van der Waals surface area contributed by atoms with Crippen LogP contribution in [0, 0.1) is 5.41 Å². The molecule has 0 spiro atoms. The number of guanidine groups is 1. The van der Waals surface area contributed by atoms with Crippen molar-refractivity contribution in [2.45, 2.75) is 0 Å². The first-order chi connectivity index (χ1) is 1.73. The van der Waals surface area contributed by atoms with Gasteiger partial charge in [-0.2, -0.15) is 0 Å². The van der Waals surface area contributed by atoms with Gasteiger partial charge in [-0.3, -0.25) is 5.41 Å². The van der Waals surface area contributed by atoms with Crippen LogP contribution in [0.1, 0.15) is 0 Å². The van der Waals surface area contributed by atoms with E-state index in [0.29, 0.717) is 0 Å². The molecule has 0 aromatic carbocycles. The summed E-state index contributed by atoms with van der Waals surface area (Å²) < 4.78 is 0. The number of hydrogen-bond acceptors (Lipinski definition) is 1. The Labute approximate surface area is 64.7 Å². The van der Waals surface area contributed by atoms with Crippen LogP contribution < -0.4 is 53.4 Å². The van der Waals surface area contributed by atoms with Crippen molar-refractivity contribution < 1.29 is 42.0 Å². The predicted molar refractivity (Wildman–Crippen MR) is 16.1 cm³/mol. The number of rotatable bonds is 0. The molecule has 0 aliphatic carbocycles. The molecule has 0 saturated heterocycles. The van der Waals surface area contributed by atoms with Crippen molar-refractivity contribution >= 4 is 5.96 Å². The van der Waals surface area contributed by atoms with E-state index >= 15 is 0 Å². The van der Waals surface area contributed by atoms with E-state index in [1.54, 1.807) is 0 Å². The van der Waals surface area contributed by atoms with Crippen LogP contribution >= 0.6 is 0 Å². The quantitative estimate of drug-likeness (QED) is 0.168. The Bertz CT molecular complexity index is 33.8. The first kappa shape index (κ1) is 16.0. The van der Waals surface area contributed by atoms with Crippen molar-refractivity contribution in [1.82, 2.24) is 0 Å². The van der Waals surface area contributed by atoms with Crippen LogP contribution in [0.15, 0.2) is 0 Å². The van der Waals surface area contributed by atoms with Gasteiger partial charge in [-0.05, 0) is 0 Å². The standard InChI is InChI=1S/CH5N3.ClH.Na/c2-1(3)4;;/h(H5,2,3,4);1H;/q;;+1/p-1. The minimum absolute atomic E-state index is 0. The molecule has 0 saturated carbocycles. The zero-order valence-corrected chi connectivity index (χ0v) is 6.29. The van der Waals surface area contributed by atoms with Crippen molar-refractivity contribution in [3.05, 3.63) is 0 Å². The molecule has 0 rings (SSSR count). The molecule has 0 aliphatic rings. The maximum absolute atomic E-state index is 6.06. The number of nitrogens with two attached hydrogens (primary N) is 2. The van der Waals surface area contributed by atoms with E-state index in [1.807, 2.05) is 0 Å². The summed E-state index contributed by atoms with van der Waals surface area (Å²) in [4.78, 5) is 0. The van der Waals surface area contributed by atoms with Gasteiger partial charge in [0.2, 0.25) is 0 Å². The second-order valence-electron chi connectivity index (χ2n) is 0.455. The number of halogens is 1. The first-order valence-electron chi connectivity index (χ1n) is 0.827. The molecule has 0 amide bonds. The first-order valence-corrected chi connectivity index (χ1v) is 0.827. The SMILES string of the molecule is N=C(N)N.[Cl-].[Na+]. The maximum Gasteiger partial charge on any atom is 1.00 e. The third-order valence-electron chi connectivity index (χ3n) is 0. The summed E-state index contributed by atoms with van der Waals surface area (Å²) in [5, 5.41) is 6.06. The summed E-state index contributed by atoms with van der Waals surface area (Å²) in [6.07, 6.45) is 0. The van der Waals surface area contributed by atoms with Gasteiger partial charge in [-0.25, -0.2) is 0 Å². The Morgan fingerprint density at radius 3 is 1.33 bits per heavy atom. The topological polar surface area (TPSA) is 75.9 Å². The third-order valence-corrected chi connectivity index (χ3v) is 0. The van der Waals surface area contributed by atoms with Crippen LogP contribution in [0.3, 0.4) is 0 Å². The summed E-state index contributed by atoms with van der Waals surface area (Å²) in [5.41, 5.74) is 8.94. The largest absolute Gasteiger partial charge is 1.00 e. The third kappa shape index (κ3) is 184. The molecular formula is CH5ClN3Na. The van der Waals surface area contributed by atoms with Gasteiger partial charge in [0.1, 0.15) is 0 Å². The fourth-order valence-corrected chi connectivity index (χ4v) is 0. The second-order valence-corrected chi connectivity index (χ2v) is 0.455. The van der Waals surface area contributed by atoms with Crippen LogP contribution in [-0.2, 0) is 0 Å². The van der Waals surface area contributed by atoms with Crippen LogP contribution in [0.2, 0.25) is 0 Å². The van der Waals surface area contributed by atoms with Crippen LogP contribution in [0.25, 0.3) is 0 Å². The molecule has 0 fully saturated rings. The summed E-state index contributed by atoms with van der Waals surface area (Å²) >= 11 is 0. The molecule has 0 radical (unpaired) electrons. The number of hydrogen-bond donors (Lipinski definition) is 3. The van der Waals surface area contributed by atoms with Gasteiger partial charge in [-0.15, -0.1) is 0 Å². The van der Waals surface area contributed by atoms with Crippen molar-refractivity contribution in [1.29, 1.82) is 5.41 Å². The Morgan fingerprint density at radius 1 is 1.33 bits per heavy atom. The fraction of sp³-hybridized carbons (Fsp3) is 0. The zero-order valence-electron chi connectivity index (χ0n) is 3.53. The molecule has 0 bridgehead atoms. The summed E-state index contributed by atoms with van der Waals surface area (Å²) in [6.45, 7) is 0. The fourth-order valence-electron chi connectivity index (χ4n) is 0. The Kier molecular flexibility index (Phi) is 24.3. The minimum Gasteiger partial charge on any atom is -1.00 e. The molecule has 0 atom stereocenters. The van der Waals surface area contributed by atoms with E-state index in [-0.39, 0.29) is 47.9 Å². The molecule has 0 aromatic heterocycles. The summed E-state index contributed by atoms with van der Waals surface area (Å²) in [6, 6.07) is 0. The molecule has 32 valence electrons. The molecule has 5 heteroatoms. The minimum atomic E-state index is -0.333. The predicted octanol–water partition coefficient (Wildman–Crippen LogP) is -7.15. The second kappa shape index (κ2) is 9.12. The van der Waals surface area contributed by atoms with E-state index in [1.165, 1.54) is 0 Å². The van der Waals surface area contributed by atoms with Gasteiger partial charge in [-0.1, -0.05) is 0 Å². The molecule has 0 aliphatic heterocycles. The zero-order chi connectivity index (χ0) is 3.58. The van der Waals surface area contributed by atoms with Crippen molar-refractivity contribution in [3.63, 3.8) is 0 Å². The van der Waals surface area contributed by atoms with E-state index in [2.05, 4.69) is 11.5 Å². The molecular weight excluding hydrogens is 112 g/mol. The average molecular weight is 118 g/mol. The van der Waals surface area contributed by atoms with Gasteiger partial charge in [0.25, 0.3) is 0 Å². The number of nitrogens with one attached hydrogen (secondary N) is 1. The van der Waals surface area contributed by atoms with E-state index in [9.17, 15) is 0 Å². The summed E-state index contributed by atoms with van der Waals surface area (Å²) in [5.74, 6) is -0.333. The maximum atomic E-state index is 6.06. The van der Waals surface area contributed by atoms with Crippen molar-refractivity contribution in [3.8, 4) is 0 Å². The smallest absolute Gasteiger partial charge is 1.00 e. The van der Waals surface area contributed by atoms with Gasteiger partial charge in [0.15, 0.2) is 5.96 Å². The van der Waals surface area contributed by atoms with Gasteiger partial charge in [0, 0.05) is 0 Å². The van der Waals surface area contributed by atoms with E-state index in [4.69, 9.17) is 5.41 Å². The molecule has 6 heavy (non-hydrogen) atoms. The van der Waals surface area contributed by atoms with E-state index < -0.39 is 0 Å². The van der Waals surface area contributed by atoms with Crippen LogP contribution in [0.5, 0.6) is 0 Å². The van der Waals surface area contributed by atoms with Crippen LogP contribution in [-0.4, -0.2) is 5.96 Å². The molecule has 0 heterocycles. The van der Waals surface area contributed by atoms with Gasteiger partial charge < -0.3 is 23.9 Å². The molecule has 0 aromatic rings. The van der Waals surface area contributed by atoms with Gasteiger partial charge in [0.05, 0.1) is 0 Å². The monoisotopic (exact) mass is 117 g/mol. The molecule has 5 N–H and O–H groups in total. The van der Waals surface area contributed by atoms with Gasteiger partial charge >= 0.3 is 29.6 Å². The molecule has 3 nitrogen and oxygen atoms in total. The summed E-state index contributed by atoms with van der Waals surface area (Å²) in [7, 11) is 0. The Balaban J connectivity index is -0.0000000450.